The average Bonchev–Trinajstić information content (AvgIpc) is 3.29. The fraction of sp³-hybridized carbons (Fsp3) is 0.0417. The summed E-state index contributed by atoms with van der Waals surface area (Å²) in [6, 6.07) is 18.7. The quantitative estimate of drug-likeness (QED) is 0.186. The summed E-state index contributed by atoms with van der Waals surface area (Å²) in [5.74, 6) is 0.281. The highest BCUT2D eigenvalue weighted by Crippen LogP contribution is 2.33. The smallest absolute Gasteiger partial charge is 0.287 e. The van der Waals surface area contributed by atoms with Gasteiger partial charge in [-0.05, 0) is 82.3 Å². The van der Waals surface area contributed by atoms with Gasteiger partial charge in [0.1, 0.15) is 11.4 Å². The number of amides is 2. The summed E-state index contributed by atoms with van der Waals surface area (Å²) in [7, 11) is 0. The van der Waals surface area contributed by atoms with Crippen LogP contribution in [0.2, 0.25) is 0 Å². The van der Waals surface area contributed by atoms with E-state index < -0.39 is 11.8 Å². The van der Waals surface area contributed by atoms with Crippen LogP contribution in [-0.4, -0.2) is 29.9 Å². The summed E-state index contributed by atoms with van der Waals surface area (Å²) in [4.78, 5) is 25.5. The van der Waals surface area contributed by atoms with Crippen LogP contribution in [0.25, 0.3) is 6.08 Å². The zero-order valence-corrected chi connectivity index (χ0v) is 19.3. The molecule has 0 saturated carbocycles. The molecule has 3 aromatic rings. The Morgan fingerprint density at radius 3 is 2.52 bits per heavy atom. The molecule has 0 radical (unpaired) electrons. The number of phenols is 1. The standard InChI is InChI=1S/C24H18IN3O5/c25-18-10-16(6-8-20(18)29)13-26-28-24(31)19(27-23(30)17-4-2-1-3-5-17)11-15-7-9-21-22(12-15)33-14-32-21/h1-13,29H,14H2,(H,27,30)(H,28,31)/b19-11+,26-13-. The van der Waals surface area contributed by atoms with Crippen LogP contribution in [0.3, 0.4) is 0 Å². The maximum absolute atomic E-state index is 12.9. The number of carbonyl (C=O) groups is 2. The molecule has 1 aliphatic rings. The van der Waals surface area contributed by atoms with Crippen LogP contribution < -0.4 is 20.2 Å². The zero-order valence-electron chi connectivity index (χ0n) is 17.1. The molecule has 2 amide bonds. The molecule has 8 nitrogen and oxygen atoms in total. The molecule has 0 aliphatic carbocycles. The van der Waals surface area contributed by atoms with Gasteiger partial charge in [-0.1, -0.05) is 24.3 Å². The second-order valence-corrected chi connectivity index (χ2v) is 8.06. The number of phenolic OH excluding ortho intramolecular Hbond substituents is 1. The van der Waals surface area contributed by atoms with Crippen molar-refractivity contribution in [2.45, 2.75) is 0 Å². The molecule has 1 aliphatic heterocycles. The zero-order chi connectivity index (χ0) is 23.2. The summed E-state index contributed by atoms with van der Waals surface area (Å²) in [5.41, 5.74) is 4.15. The molecular formula is C24H18IN3O5. The number of hydrazone groups is 1. The number of carbonyl (C=O) groups excluding carboxylic acids is 2. The number of ether oxygens (including phenoxy) is 2. The third-order valence-corrected chi connectivity index (χ3v) is 5.45. The number of halogens is 1. The van der Waals surface area contributed by atoms with Gasteiger partial charge in [-0.2, -0.15) is 5.10 Å². The minimum atomic E-state index is -0.610. The Labute approximate surface area is 203 Å². The fourth-order valence-corrected chi connectivity index (χ4v) is 3.48. The average molecular weight is 555 g/mol. The van der Waals surface area contributed by atoms with E-state index >= 15 is 0 Å². The van der Waals surface area contributed by atoms with Crippen molar-refractivity contribution in [1.82, 2.24) is 10.7 Å². The minimum Gasteiger partial charge on any atom is -0.507 e. The number of rotatable bonds is 6. The van der Waals surface area contributed by atoms with E-state index in [1.807, 2.05) is 22.6 Å². The molecular weight excluding hydrogens is 537 g/mol. The van der Waals surface area contributed by atoms with Crippen LogP contribution in [-0.2, 0) is 4.79 Å². The van der Waals surface area contributed by atoms with Gasteiger partial charge in [-0.25, -0.2) is 5.43 Å². The molecule has 0 saturated heterocycles. The Bertz CT molecular complexity index is 1260. The summed E-state index contributed by atoms with van der Waals surface area (Å²) >= 11 is 1.99. The lowest BCUT2D eigenvalue weighted by molar-refractivity contribution is -0.117. The van der Waals surface area contributed by atoms with E-state index in [-0.39, 0.29) is 18.2 Å². The van der Waals surface area contributed by atoms with Gasteiger partial charge in [0.15, 0.2) is 11.5 Å². The van der Waals surface area contributed by atoms with Crippen LogP contribution in [0.4, 0.5) is 0 Å². The maximum Gasteiger partial charge on any atom is 0.287 e. The number of hydrogen-bond acceptors (Lipinski definition) is 6. The molecule has 0 unspecified atom stereocenters. The highest BCUT2D eigenvalue weighted by Gasteiger charge is 2.16. The normalized spacial score (nSPS) is 12.6. The first-order valence-electron chi connectivity index (χ1n) is 9.79. The number of nitrogens with zero attached hydrogens (tertiary/aromatic N) is 1. The summed E-state index contributed by atoms with van der Waals surface area (Å²) in [6.07, 6.45) is 2.97. The van der Waals surface area contributed by atoms with Gasteiger partial charge >= 0.3 is 0 Å². The Balaban J connectivity index is 1.55. The Hall–Kier alpha value is -3.86. The number of benzene rings is 3. The molecule has 0 fully saturated rings. The third kappa shape index (κ3) is 5.69. The lowest BCUT2D eigenvalue weighted by atomic mass is 10.1. The van der Waals surface area contributed by atoms with Crippen LogP contribution in [0, 0.1) is 3.57 Å². The molecule has 0 bridgehead atoms. The monoisotopic (exact) mass is 555 g/mol. The first kappa shape index (κ1) is 22.3. The van der Waals surface area contributed by atoms with Gasteiger partial charge < -0.3 is 19.9 Å². The molecule has 3 N–H and O–H groups in total. The number of hydrogen-bond donors (Lipinski definition) is 3. The first-order valence-corrected chi connectivity index (χ1v) is 10.9. The lowest BCUT2D eigenvalue weighted by Crippen LogP contribution is -2.32. The highest BCUT2D eigenvalue weighted by atomic mass is 127. The molecule has 0 atom stereocenters. The SMILES string of the molecule is O=C(N/N=C\c1ccc(O)c(I)c1)/C(=C\c1ccc2c(c1)OCO2)NC(=O)c1ccccc1. The lowest BCUT2D eigenvalue weighted by Gasteiger charge is -2.09. The number of fused-ring (bicyclic) bond motifs is 1. The van der Waals surface area contributed by atoms with Crippen molar-refractivity contribution < 1.29 is 24.2 Å². The van der Waals surface area contributed by atoms with Crippen LogP contribution in [0.1, 0.15) is 21.5 Å². The van der Waals surface area contributed by atoms with Crippen LogP contribution in [0.5, 0.6) is 17.2 Å². The Morgan fingerprint density at radius 1 is 0.970 bits per heavy atom. The first-order chi connectivity index (χ1) is 16.0. The van der Waals surface area contributed by atoms with E-state index in [9.17, 15) is 14.7 Å². The molecule has 166 valence electrons. The molecule has 4 rings (SSSR count). The summed E-state index contributed by atoms with van der Waals surface area (Å²) in [6.45, 7) is 0.130. The van der Waals surface area contributed by atoms with Crippen molar-refractivity contribution in [3.8, 4) is 17.2 Å². The van der Waals surface area contributed by atoms with Crippen molar-refractivity contribution in [1.29, 1.82) is 0 Å². The second kappa shape index (κ2) is 10.2. The van der Waals surface area contributed by atoms with Gasteiger partial charge in [0, 0.05) is 5.56 Å². The van der Waals surface area contributed by atoms with Gasteiger partial charge in [0.25, 0.3) is 11.8 Å². The van der Waals surface area contributed by atoms with Crippen LogP contribution in [0.15, 0.2) is 77.5 Å². The minimum absolute atomic E-state index is 0.000144. The number of nitrogens with one attached hydrogen (secondary N) is 2. The Morgan fingerprint density at radius 2 is 1.73 bits per heavy atom. The molecule has 9 heteroatoms. The van der Waals surface area contributed by atoms with Crippen molar-refractivity contribution in [3.05, 3.63) is 92.7 Å². The van der Waals surface area contributed by atoms with E-state index in [4.69, 9.17) is 9.47 Å². The van der Waals surface area contributed by atoms with Gasteiger partial charge in [0.05, 0.1) is 9.78 Å². The van der Waals surface area contributed by atoms with E-state index in [2.05, 4.69) is 15.8 Å². The second-order valence-electron chi connectivity index (χ2n) is 6.90. The van der Waals surface area contributed by atoms with E-state index in [1.54, 1.807) is 60.7 Å². The summed E-state index contributed by atoms with van der Waals surface area (Å²) in [5, 5.41) is 16.2. The van der Waals surface area contributed by atoms with Gasteiger partial charge in [-0.15, -0.1) is 0 Å². The Kier molecular flexibility index (Phi) is 6.89. The van der Waals surface area contributed by atoms with E-state index in [0.29, 0.717) is 31.8 Å². The van der Waals surface area contributed by atoms with Crippen LogP contribution >= 0.6 is 22.6 Å². The molecule has 0 aromatic heterocycles. The molecule has 1 heterocycles. The van der Waals surface area contributed by atoms with E-state index in [1.165, 1.54) is 18.4 Å². The predicted molar refractivity (Wildman–Crippen MR) is 131 cm³/mol. The number of aromatic hydroxyl groups is 1. The molecule has 3 aromatic carbocycles. The van der Waals surface area contributed by atoms with Crippen molar-refractivity contribution in [2.75, 3.05) is 6.79 Å². The van der Waals surface area contributed by atoms with Crippen molar-refractivity contribution in [2.24, 2.45) is 5.10 Å². The largest absolute Gasteiger partial charge is 0.507 e. The molecule has 0 spiro atoms. The van der Waals surface area contributed by atoms with Gasteiger partial charge in [-0.3, -0.25) is 9.59 Å². The van der Waals surface area contributed by atoms with E-state index in [0.717, 1.165) is 0 Å². The predicted octanol–water partition coefficient (Wildman–Crippen LogP) is 3.65. The third-order valence-electron chi connectivity index (χ3n) is 4.59. The maximum atomic E-state index is 12.9. The fourth-order valence-electron chi connectivity index (χ4n) is 2.94. The molecule has 33 heavy (non-hydrogen) atoms. The highest BCUT2D eigenvalue weighted by molar-refractivity contribution is 14.1. The topological polar surface area (TPSA) is 109 Å². The summed E-state index contributed by atoms with van der Waals surface area (Å²) < 4.78 is 11.3. The van der Waals surface area contributed by atoms with Crippen molar-refractivity contribution >= 4 is 46.7 Å². The van der Waals surface area contributed by atoms with Crippen molar-refractivity contribution in [3.63, 3.8) is 0 Å². The van der Waals surface area contributed by atoms with Gasteiger partial charge in [0.2, 0.25) is 6.79 Å².